The second-order valence-electron chi connectivity index (χ2n) is 7.32. The Morgan fingerprint density at radius 1 is 1.00 bits per heavy atom. The normalized spacial score (nSPS) is 10.4. The molecule has 0 saturated heterocycles. The molecule has 0 aliphatic heterocycles. The minimum atomic E-state index is -0.327. The molecule has 1 aromatic heterocycles. The van der Waals surface area contributed by atoms with Crippen LogP contribution in [-0.4, -0.2) is 24.2 Å². The maximum absolute atomic E-state index is 12.1. The van der Waals surface area contributed by atoms with Crippen LogP contribution in [0.25, 0.3) is 10.9 Å². The predicted molar refractivity (Wildman–Crippen MR) is 122 cm³/mol. The fourth-order valence-electron chi connectivity index (χ4n) is 3.31. The van der Waals surface area contributed by atoms with E-state index in [-0.39, 0.29) is 18.4 Å². The number of hydrogen-bond donors (Lipinski definition) is 1. The molecule has 0 unspecified atom stereocenters. The summed E-state index contributed by atoms with van der Waals surface area (Å²) in [6.45, 7) is 7.06. The fraction of sp³-hybridized carbons (Fsp3) is 0.360. The van der Waals surface area contributed by atoms with E-state index >= 15 is 0 Å². The Hall–Kier alpha value is -2.79. The second kappa shape index (κ2) is 12.2. The lowest BCUT2D eigenvalue weighted by Gasteiger charge is -2.13. The average molecular weight is 442 g/mol. The molecular formula is C25H30ClN2O3-. The molecule has 0 fully saturated rings. The fourth-order valence-corrected chi connectivity index (χ4v) is 3.31. The summed E-state index contributed by atoms with van der Waals surface area (Å²) in [5.74, 6) is 0.545. The number of aryl methyl sites for hydroxylation is 1. The summed E-state index contributed by atoms with van der Waals surface area (Å²) in [6, 6.07) is 15.4. The van der Waals surface area contributed by atoms with Crippen LogP contribution < -0.4 is 22.5 Å². The zero-order valence-electron chi connectivity index (χ0n) is 18.4. The number of fused-ring (bicyclic) bond motifs is 1. The Bertz CT molecular complexity index is 990. The Morgan fingerprint density at radius 2 is 1.77 bits per heavy atom. The van der Waals surface area contributed by atoms with E-state index in [0.717, 1.165) is 46.7 Å². The van der Waals surface area contributed by atoms with Crippen molar-refractivity contribution in [1.82, 2.24) is 4.98 Å². The minimum absolute atomic E-state index is 0. The van der Waals surface area contributed by atoms with E-state index in [4.69, 9.17) is 9.47 Å². The van der Waals surface area contributed by atoms with Crippen LogP contribution in [0.5, 0.6) is 5.75 Å². The zero-order valence-corrected chi connectivity index (χ0v) is 19.2. The van der Waals surface area contributed by atoms with E-state index in [1.165, 1.54) is 19.3 Å². The van der Waals surface area contributed by atoms with Crippen LogP contribution in [0, 0.1) is 6.92 Å². The monoisotopic (exact) mass is 441 g/mol. The molecule has 0 bridgehead atoms. The molecule has 0 amide bonds. The van der Waals surface area contributed by atoms with Crippen LogP contribution in [-0.2, 0) is 4.74 Å². The van der Waals surface area contributed by atoms with Crippen LogP contribution in [0.2, 0.25) is 0 Å². The summed E-state index contributed by atoms with van der Waals surface area (Å²) >= 11 is 0. The van der Waals surface area contributed by atoms with Crippen molar-refractivity contribution >= 4 is 28.2 Å². The van der Waals surface area contributed by atoms with Gasteiger partial charge in [-0.1, -0.05) is 26.2 Å². The van der Waals surface area contributed by atoms with Crippen molar-refractivity contribution in [2.24, 2.45) is 0 Å². The highest BCUT2D eigenvalue weighted by Crippen LogP contribution is 2.28. The number of halogens is 1. The lowest BCUT2D eigenvalue weighted by molar-refractivity contribution is -0.0000247. The number of ether oxygens (including phenoxy) is 2. The van der Waals surface area contributed by atoms with Gasteiger partial charge < -0.3 is 27.2 Å². The van der Waals surface area contributed by atoms with Crippen molar-refractivity contribution in [3.8, 4) is 5.75 Å². The van der Waals surface area contributed by atoms with Gasteiger partial charge in [-0.3, -0.25) is 4.98 Å². The molecule has 0 aliphatic carbocycles. The summed E-state index contributed by atoms with van der Waals surface area (Å²) in [6.07, 6.45) is 4.77. The zero-order chi connectivity index (χ0) is 21.3. The number of carbonyl (C=O) groups excluding carboxylic acids is 1. The smallest absolute Gasteiger partial charge is 0.338 e. The molecule has 166 valence electrons. The van der Waals surface area contributed by atoms with Gasteiger partial charge in [-0.25, -0.2) is 4.79 Å². The van der Waals surface area contributed by atoms with E-state index < -0.39 is 0 Å². The van der Waals surface area contributed by atoms with Crippen LogP contribution in [0.1, 0.15) is 55.6 Å². The third-order valence-electron chi connectivity index (χ3n) is 4.85. The van der Waals surface area contributed by atoms with E-state index in [1.54, 1.807) is 13.0 Å². The van der Waals surface area contributed by atoms with E-state index in [1.807, 2.05) is 49.4 Å². The third-order valence-corrected chi connectivity index (χ3v) is 4.85. The SMILES string of the molecule is CCCCCCOc1ccc(Nc2cc(C)nc3ccc(C(=O)OCC)cc23)cc1.[Cl-]. The molecule has 1 heterocycles. The number of esters is 1. The summed E-state index contributed by atoms with van der Waals surface area (Å²) in [4.78, 5) is 16.7. The quantitative estimate of drug-likeness (QED) is 0.386. The molecule has 3 aromatic rings. The molecule has 0 radical (unpaired) electrons. The predicted octanol–water partition coefficient (Wildman–Crippen LogP) is 3.43. The number of aromatic nitrogens is 1. The standard InChI is InChI=1S/C25H30N2O3.ClH/c1-4-6-7-8-15-30-21-12-10-20(11-13-21)27-24-16-18(3)26-23-14-9-19(17-22(23)24)25(28)29-5-2;/h9-14,16-17H,4-8,15H2,1-3H3,(H,26,27);1H/p-1. The van der Waals surface area contributed by atoms with Crippen molar-refractivity contribution in [3.63, 3.8) is 0 Å². The number of nitrogens with one attached hydrogen (secondary N) is 1. The third kappa shape index (κ3) is 6.86. The number of nitrogens with zero attached hydrogens (tertiary/aromatic N) is 1. The summed E-state index contributed by atoms with van der Waals surface area (Å²) < 4.78 is 11.0. The summed E-state index contributed by atoms with van der Waals surface area (Å²) in [5, 5.41) is 4.33. The molecule has 6 heteroatoms. The van der Waals surface area contributed by atoms with Crippen molar-refractivity contribution in [3.05, 3.63) is 59.8 Å². The van der Waals surface area contributed by atoms with Gasteiger partial charge in [0, 0.05) is 22.5 Å². The molecule has 1 N–H and O–H groups in total. The summed E-state index contributed by atoms with van der Waals surface area (Å²) in [5.41, 5.74) is 4.10. The minimum Gasteiger partial charge on any atom is -1.00 e. The van der Waals surface area contributed by atoms with Gasteiger partial charge in [-0.2, -0.15) is 0 Å². The molecule has 0 spiro atoms. The van der Waals surface area contributed by atoms with Gasteiger partial charge in [0.2, 0.25) is 0 Å². The van der Waals surface area contributed by atoms with Gasteiger partial charge in [-0.05, 0) is 68.8 Å². The molecule has 3 rings (SSSR count). The van der Waals surface area contributed by atoms with Crippen LogP contribution in [0.4, 0.5) is 11.4 Å². The van der Waals surface area contributed by atoms with Gasteiger partial charge in [0.05, 0.1) is 24.3 Å². The van der Waals surface area contributed by atoms with E-state index in [9.17, 15) is 4.79 Å². The Morgan fingerprint density at radius 3 is 2.48 bits per heavy atom. The molecule has 0 atom stereocenters. The van der Waals surface area contributed by atoms with E-state index in [2.05, 4.69) is 17.2 Å². The van der Waals surface area contributed by atoms with Crippen LogP contribution >= 0.6 is 0 Å². The summed E-state index contributed by atoms with van der Waals surface area (Å²) in [7, 11) is 0. The van der Waals surface area contributed by atoms with Gasteiger partial charge in [0.1, 0.15) is 5.75 Å². The van der Waals surface area contributed by atoms with Gasteiger partial charge in [0.25, 0.3) is 0 Å². The van der Waals surface area contributed by atoms with Crippen LogP contribution in [0.15, 0.2) is 48.5 Å². The first-order chi connectivity index (χ1) is 14.6. The highest BCUT2D eigenvalue weighted by atomic mass is 35.5. The largest absolute Gasteiger partial charge is 1.00 e. The van der Waals surface area contributed by atoms with E-state index in [0.29, 0.717) is 12.2 Å². The second-order valence-corrected chi connectivity index (χ2v) is 7.32. The first kappa shape index (κ1) is 24.5. The topological polar surface area (TPSA) is 60.5 Å². The first-order valence-corrected chi connectivity index (χ1v) is 10.7. The Labute approximate surface area is 190 Å². The van der Waals surface area contributed by atoms with Gasteiger partial charge >= 0.3 is 5.97 Å². The number of pyridine rings is 1. The molecule has 5 nitrogen and oxygen atoms in total. The van der Waals surface area contributed by atoms with Gasteiger partial charge in [0.15, 0.2) is 0 Å². The van der Waals surface area contributed by atoms with Gasteiger partial charge in [-0.15, -0.1) is 0 Å². The Balaban J connectivity index is 0.00000341. The first-order valence-electron chi connectivity index (χ1n) is 10.7. The highest BCUT2D eigenvalue weighted by Gasteiger charge is 2.11. The number of hydrogen-bond acceptors (Lipinski definition) is 5. The highest BCUT2D eigenvalue weighted by molar-refractivity contribution is 5.99. The number of rotatable bonds is 10. The number of unbranched alkanes of at least 4 members (excludes halogenated alkanes) is 3. The van der Waals surface area contributed by atoms with Crippen molar-refractivity contribution in [2.45, 2.75) is 46.5 Å². The molecule has 2 aromatic carbocycles. The number of benzene rings is 2. The van der Waals surface area contributed by atoms with Crippen molar-refractivity contribution in [2.75, 3.05) is 18.5 Å². The Kier molecular flexibility index (Phi) is 9.60. The molecule has 0 saturated carbocycles. The molecule has 0 aliphatic rings. The van der Waals surface area contributed by atoms with Crippen molar-refractivity contribution < 1.29 is 26.7 Å². The average Bonchev–Trinajstić information content (AvgIpc) is 2.74. The molecular weight excluding hydrogens is 412 g/mol. The maximum atomic E-state index is 12.1. The lowest BCUT2D eigenvalue weighted by Crippen LogP contribution is -3.00. The molecule has 31 heavy (non-hydrogen) atoms. The van der Waals surface area contributed by atoms with Crippen LogP contribution in [0.3, 0.4) is 0 Å². The lowest BCUT2D eigenvalue weighted by atomic mass is 10.1. The maximum Gasteiger partial charge on any atom is 0.338 e. The number of carbonyl (C=O) groups is 1. The number of anilines is 2. The van der Waals surface area contributed by atoms with Crippen molar-refractivity contribution in [1.29, 1.82) is 0 Å².